The van der Waals surface area contributed by atoms with Gasteiger partial charge in [0.05, 0.1) is 0 Å². The van der Waals surface area contributed by atoms with Gasteiger partial charge in [0.2, 0.25) is 0 Å². The van der Waals surface area contributed by atoms with Crippen molar-refractivity contribution >= 4 is 17.9 Å². The molecule has 1 unspecified atom stereocenters. The van der Waals surface area contributed by atoms with Crippen LogP contribution in [0.4, 0.5) is 0 Å². The molecule has 0 aromatic rings. The lowest BCUT2D eigenvalue weighted by molar-refractivity contribution is -0.167. The Hall–Kier alpha value is -4.71. The molecule has 0 fully saturated rings. The van der Waals surface area contributed by atoms with Crippen LogP contribution in [0.15, 0.2) is 146 Å². The summed E-state index contributed by atoms with van der Waals surface area (Å²) in [5, 5.41) is 0. The number of ether oxygens (including phenoxy) is 3. The van der Waals surface area contributed by atoms with Crippen molar-refractivity contribution in [2.24, 2.45) is 0 Å². The maximum absolute atomic E-state index is 12.9. The number of unbranched alkanes of at least 4 members (excludes halogenated alkanes) is 20. The molecule has 0 aromatic carbocycles. The van der Waals surface area contributed by atoms with E-state index < -0.39 is 6.10 Å². The summed E-state index contributed by atoms with van der Waals surface area (Å²) in [5.41, 5.74) is 0. The van der Waals surface area contributed by atoms with Crippen LogP contribution in [0, 0.1) is 0 Å². The highest BCUT2D eigenvalue weighted by atomic mass is 16.6. The van der Waals surface area contributed by atoms with E-state index in [9.17, 15) is 14.4 Å². The summed E-state index contributed by atoms with van der Waals surface area (Å²) < 4.78 is 16.9. The minimum Gasteiger partial charge on any atom is -0.462 e. The van der Waals surface area contributed by atoms with Gasteiger partial charge in [-0.15, -0.1) is 0 Å². The molecule has 1 atom stereocenters. The van der Waals surface area contributed by atoms with E-state index >= 15 is 0 Å². The predicted molar refractivity (Wildman–Crippen MR) is 334 cm³/mol. The van der Waals surface area contributed by atoms with Gasteiger partial charge in [-0.3, -0.25) is 14.4 Å². The standard InChI is InChI=1S/C71H114O6/c1-4-7-10-13-16-19-22-25-28-29-30-31-32-33-34-35-36-37-38-39-40-41-44-46-49-52-55-58-61-64-70(73)76-67-68(77-71(74)65-62-59-56-53-50-47-43-27-24-21-18-15-12-9-6-3)66-75-69(72)63-60-57-54-51-48-45-42-26-23-20-17-14-11-8-5-2/h7,9-10,12,16-21,25-28,30-31,33-34,36-37,39-40,42-43,68H,4-6,8,11,13-15,22-24,29,32,35,38,41,44-67H2,1-3H3/b10-7-,12-9-,19-16-,20-17-,21-18-,28-25-,31-30-,34-33-,37-36-,40-39-,42-26-,43-27-. The summed E-state index contributed by atoms with van der Waals surface area (Å²) >= 11 is 0. The third-order valence-corrected chi connectivity index (χ3v) is 12.8. The number of carbonyl (C=O) groups excluding carboxylic acids is 3. The van der Waals surface area contributed by atoms with Crippen molar-refractivity contribution in [3.05, 3.63) is 146 Å². The Kier molecular flexibility index (Phi) is 59.9. The fraction of sp³-hybridized carbons (Fsp3) is 0.620. The van der Waals surface area contributed by atoms with Crippen LogP contribution in [-0.2, 0) is 28.6 Å². The first-order chi connectivity index (χ1) is 38.0. The fourth-order valence-corrected chi connectivity index (χ4v) is 8.17. The van der Waals surface area contributed by atoms with Crippen molar-refractivity contribution in [2.45, 2.75) is 271 Å². The van der Waals surface area contributed by atoms with E-state index in [-0.39, 0.29) is 31.1 Å². The second kappa shape index (κ2) is 63.8. The lowest BCUT2D eigenvalue weighted by Gasteiger charge is -2.18. The van der Waals surface area contributed by atoms with E-state index in [0.717, 1.165) is 173 Å². The van der Waals surface area contributed by atoms with Crippen LogP contribution >= 0.6 is 0 Å². The van der Waals surface area contributed by atoms with Gasteiger partial charge in [0.25, 0.3) is 0 Å². The molecule has 0 spiro atoms. The SMILES string of the molecule is CC/C=C\C/C=C\C/C=C\C/C=C\C/C=C\C/C=C\C/C=C\CCCCCCCCCC(=O)OCC(COC(=O)CCCCCCC/C=C\C/C=C\CCCCC)OC(=O)CCCCCCC/C=C\C/C=C\C/C=C\CC. The highest BCUT2D eigenvalue weighted by Gasteiger charge is 2.19. The predicted octanol–water partition coefficient (Wildman–Crippen LogP) is 21.5. The Morgan fingerprint density at radius 2 is 0.506 bits per heavy atom. The molecule has 0 aliphatic rings. The van der Waals surface area contributed by atoms with Gasteiger partial charge in [-0.2, -0.15) is 0 Å². The first-order valence-electron chi connectivity index (χ1n) is 31.3. The van der Waals surface area contributed by atoms with Crippen molar-refractivity contribution in [3.8, 4) is 0 Å². The molecule has 0 aromatic heterocycles. The molecule has 0 amide bonds. The molecule has 0 saturated carbocycles. The Morgan fingerprint density at radius 3 is 0.792 bits per heavy atom. The molecular weight excluding hydrogens is 949 g/mol. The Bertz CT molecular complexity index is 1700. The smallest absolute Gasteiger partial charge is 0.306 e. The van der Waals surface area contributed by atoms with Gasteiger partial charge < -0.3 is 14.2 Å². The molecule has 0 aliphatic carbocycles. The molecule has 0 bridgehead atoms. The monoisotopic (exact) mass is 1060 g/mol. The first-order valence-corrected chi connectivity index (χ1v) is 31.3. The van der Waals surface area contributed by atoms with E-state index in [0.29, 0.717) is 19.3 Å². The highest BCUT2D eigenvalue weighted by molar-refractivity contribution is 5.71. The van der Waals surface area contributed by atoms with Gasteiger partial charge in [0.1, 0.15) is 13.2 Å². The second-order valence-electron chi connectivity index (χ2n) is 20.2. The molecule has 0 radical (unpaired) electrons. The molecule has 0 rings (SSSR count). The Balaban J connectivity index is 4.38. The molecule has 6 heteroatoms. The molecule has 0 aliphatic heterocycles. The van der Waals surface area contributed by atoms with Crippen molar-refractivity contribution in [1.82, 2.24) is 0 Å². The zero-order chi connectivity index (χ0) is 55.7. The molecular formula is C71H114O6. The third kappa shape index (κ3) is 62.0. The summed E-state index contributed by atoms with van der Waals surface area (Å²) in [4.78, 5) is 38.3. The molecule has 6 nitrogen and oxygen atoms in total. The summed E-state index contributed by atoms with van der Waals surface area (Å²) in [6.07, 6.45) is 91.3. The second-order valence-corrected chi connectivity index (χ2v) is 20.2. The number of esters is 3. The molecule has 0 saturated heterocycles. The van der Waals surface area contributed by atoms with Gasteiger partial charge in [-0.25, -0.2) is 0 Å². The molecule has 434 valence electrons. The Morgan fingerprint density at radius 1 is 0.273 bits per heavy atom. The normalized spacial score (nSPS) is 13.1. The van der Waals surface area contributed by atoms with Crippen LogP contribution in [0.2, 0.25) is 0 Å². The van der Waals surface area contributed by atoms with Crippen LogP contribution in [0.1, 0.15) is 265 Å². The van der Waals surface area contributed by atoms with Gasteiger partial charge in [0.15, 0.2) is 6.10 Å². The van der Waals surface area contributed by atoms with Crippen LogP contribution in [-0.4, -0.2) is 37.2 Å². The summed E-state index contributed by atoms with van der Waals surface area (Å²) in [6.45, 7) is 6.35. The maximum atomic E-state index is 12.9. The number of rotatable bonds is 55. The van der Waals surface area contributed by atoms with Crippen molar-refractivity contribution in [3.63, 3.8) is 0 Å². The van der Waals surface area contributed by atoms with Crippen LogP contribution in [0.25, 0.3) is 0 Å². The van der Waals surface area contributed by atoms with E-state index in [2.05, 4.69) is 167 Å². The average Bonchev–Trinajstić information content (AvgIpc) is 3.43. The fourth-order valence-electron chi connectivity index (χ4n) is 8.17. The number of carbonyl (C=O) groups is 3. The molecule has 77 heavy (non-hydrogen) atoms. The minimum atomic E-state index is -0.805. The quantitative estimate of drug-likeness (QED) is 0.0261. The first kappa shape index (κ1) is 72.3. The number of hydrogen-bond acceptors (Lipinski definition) is 6. The Labute approximate surface area is 474 Å². The van der Waals surface area contributed by atoms with E-state index in [1.165, 1.54) is 51.4 Å². The van der Waals surface area contributed by atoms with Crippen LogP contribution in [0.3, 0.4) is 0 Å². The summed E-state index contributed by atoms with van der Waals surface area (Å²) in [6, 6.07) is 0. The third-order valence-electron chi connectivity index (χ3n) is 12.8. The van der Waals surface area contributed by atoms with Crippen molar-refractivity contribution < 1.29 is 28.6 Å². The van der Waals surface area contributed by atoms with Crippen LogP contribution in [0.5, 0.6) is 0 Å². The van der Waals surface area contributed by atoms with E-state index in [1.54, 1.807) is 0 Å². The van der Waals surface area contributed by atoms with Crippen LogP contribution < -0.4 is 0 Å². The van der Waals surface area contributed by atoms with Gasteiger partial charge in [0, 0.05) is 19.3 Å². The molecule has 0 heterocycles. The van der Waals surface area contributed by atoms with Gasteiger partial charge in [-0.05, 0) is 141 Å². The minimum absolute atomic E-state index is 0.101. The number of hydrogen-bond donors (Lipinski definition) is 0. The highest BCUT2D eigenvalue weighted by Crippen LogP contribution is 2.14. The summed E-state index contributed by atoms with van der Waals surface area (Å²) in [7, 11) is 0. The average molecular weight is 1060 g/mol. The van der Waals surface area contributed by atoms with E-state index in [1.807, 2.05) is 0 Å². The lowest BCUT2D eigenvalue weighted by atomic mass is 10.1. The summed E-state index contributed by atoms with van der Waals surface area (Å²) in [5.74, 6) is -0.944. The lowest BCUT2D eigenvalue weighted by Crippen LogP contribution is -2.30. The van der Waals surface area contributed by atoms with Crippen molar-refractivity contribution in [2.75, 3.05) is 13.2 Å². The zero-order valence-corrected chi connectivity index (χ0v) is 49.7. The zero-order valence-electron chi connectivity index (χ0n) is 49.7. The van der Waals surface area contributed by atoms with Gasteiger partial charge >= 0.3 is 17.9 Å². The molecule has 0 N–H and O–H groups in total. The topological polar surface area (TPSA) is 78.9 Å². The van der Waals surface area contributed by atoms with E-state index in [4.69, 9.17) is 14.2 Å². The maximum Gasteiger partial charge on any atom is 0.306 e. The van der Waals surface area contributed by atoms with Gasteiger partial charge in [-0.1, -0.05) is 250 Å². The number of allylic oxidation sites excluding steroid dienone is 24. The van der Waals surface area contributed by atoms with Crippen molar-refractivity contribution in [1.29, 1.82) is 0 Å². The largest absolute Gasteiger partial charge is 0.462 e.